The van der Waals surface area contributed by atoms with Crippen LogP contribution < -0.4 is 0 Å². The standard InChI is InChI=1S/C16H14FN3O2/c1-9-7-13(16(21)22-3)14-10(2)19-20(15(14)18-9)12-6-4-5-11(17)8-12/h4-8H,1-3H3. The first-order valence-electron chi connectivity index (χ1n) is 6.72. The molecule has 0 aliphatic carbocycles. The summed E-state index contributed by atoms with van der Waals surface area (Å²) in [6.45, 7) is 3.56. The highest BCUT2D eigenvalue weighted by atomic mass is 19.1. The summed E-state index contributed by atoms with van der Waals surface area (Å²) in [6, 6.07) is 7.73. The van der Waals surface area contributed by atoms with E-state index in [4.69, 9.17) is 4.74 Å². The molecule has 2 aromatic heterocycles. The Balaban J connectivity index is 2.35. The molecule has 0 fully saturated rings. The molecule has 0 saturated carbocycles. The maximum Gasteiger partial charge on any atom is 0.338 e. The number of hydrogen-bond acceptors (Lipinski definition) is 4. The van der Waals surface area contributed by atoms with Crippen molar-refractivity contribution in [2.75, 3.05) is 7.11 Å². The number of carbonyl (C=O) groups excluding carboxylic acids is 1. The number of aromatic nitrogens is 3. The zero-order chi connectivity index (χ0) is 15.9. The van der Waals surface area contributed by atoms with Gasteiger partial charge >= 0.3 is 5.97 Å². The second kappa shape index (κ2) is 5.22. The lowest BCUT2D eigenvalue weighted by Gasteiger charge is -2.06. The highest BCUT2D eigenvalue weighted by molar-refractivity contribution is 6.04. The van der Waals surface area contributed by atoms with Crippen LogP contribution in [0.2, 0.25) is 0 Å². The lowest BCUT2D eigenvalue weighted by Crippen LogP contribution is -2.05. The summed E-state index contributed by atoms with van der Waals surface area (Å²) in [5.41, 5.74) is 2.75. The van der Waals surface area contributed by atoms with Crippen molar-refractivity contribution < 1.29 is 13.9 Å². The highest BCUT2D eigenvalue weighted by Gasteiger charge is 2.19. The van der Waals surface area contributed by atoms with Crippen molar-refractivity contribution in [2.45, 2.75) is 13.8 Å². The summed E-state index contributed by atoms with van der Waals surface area (Å²) in [4.78, 5) is 16.4. The minimum Gasteiger partial charge on any atom is -0.465 e. The molecule has 0 amide bonds. The van der Waals surface area contributed by atoms with Gasteiger partial charge < -0.3 is 4.74 Å². The summed E-state index contributed by atoms with van der Waals surface area (Å²) < 4.78 is 19.8. The smallest absolute Gasteiger partial charge is 0.338 e. The Labute approximate surface area is 126 Å². The van der Waals surface area contributed by atoms with Crippen LogP contribution in [0.3, 0.4) is 0 Å². The molecule has 0 radical (unpaired) electrons. The van der Waals surface area contributed by atoms with E-state index in [1.165, 1.54) is 23.9 Å². The maximum atomic E-state index is 13.5. The first-order valence-corrected chi connectivity index (χ1v) is 6.72. The van der Waals surface area contributed by atoms with Gasteiger partial charge in [-0.05, 0) is 38.1 Å². The average Bonchev–Trinajstić information content (AvgIpc) is 2.82. The van der Waals surface area contributed by atoms with Crippen molar-refractivity contribution in [3.05, 3.63) is 53.1 Å². The summed E-state index contributed by atoms with van der Waals surface area (Å²) in [7, 11) is 1.33. The average molecular weight is 299 g/mol. The van der Waals surface area contributed by atoms with E-state index in [1.54, 1.807) is 32.0 Å². The van der Waals surface area contributed by atoms with Gasteiger partial charge in [-0.15, -0.1) is 0 Å². The van der Waals surface area contributed by atoms with E-state index in [1.807, 2.05) is 0 Å². The Hall–Kier alpha value is -2.76. The largest absolute Gasteiger partial charge is 0.465 e. The van der Waals surface area contributed by atoms with E-state index >= 15 is 0 Å². The molecule has 0 N–H and O–H groups in total. The van der Waals surface area contributed by atoms with Crippen molar-refractivity contribution in [1.82, 2.24) is 14.8 Å². The molecule has 0 saturated heterocycles. The fraction of sp³-hybridized carbons (Fsp3) is 0.188. The molecule has 22 heavy (non-hydrogen) atoms. The van der Waals surface area contributed by atoms with Gasteiger partial charge in [-0.25, -0.2) is 18.9 Å². The maximum absolute atomic E-state index is 13.5. The molecule has 3 aromatic rings. The lowest BCUT2D eigenvalue weighted by molar-refractivity contribution is 0.0602. The minimum absolute atomic E-state index is 0.361. The molecule has 0 aliphatic heterocycles. The second-order valence-electron chi connectivity index (χ2n) is 4.98. The number of carbonyl (C=O) groups is 1. The molecule has 3 rings (SSSR count). The number of halogens is 1. The third-order valence-electron chi connectivity index (χ3n) is 3.40. The second-order valence-corrected chi connectivity index (χ2v) is 4.98. The molecule has 0 aliphatic rings. The zero-order valence-electron chi connectivity index (χ0n) is 12.4. The van der Waals surface area contributed by atoms with E-state index in [-0.39, 0.29) is 5.82 Å². The van der Waals surface area contributed by atoms with Gasteiger partial charge in [-0.1, -0.05) is 6.07 Å². The highest BCUT2D eigenvalue weighted by Crippen LogP contribution is 2.25. The molecule has 0 atom stereocenters. The minimum atomic E-state index is -0.447. The van der Waals surface area contributed by atoms with Crippen molar-refractivity contribution >= 4 is 17.0 Å². The van der Waals surface area contributed by atoms with Crippen molar-refractivity contribution in [1.29, 1.82) is 0 Å². The van der Waals surface area contributed by atoms with Gasteiger partial charge in [-0.3, -0.25) is 0 Å². The van der Waals surface area contributed by atoms with E-state index < -0.39 is 5.97 Å². The first-order chi connectivity index (χ1) is 10.5. The van der Waals surface area contributed by atoms with E-state index in [0.29, 0.717) is 33.7 Å². The van der Waals surface area contributed by atoms with Crippen molar-refractivity contribution in [2.24, 2.45) is 0 Å². The summed E-state index contributed by atoms with van der Waals surface area (Å²) in [5, 5.41) is 5.01. The fourth-order valence-corrected chi connectivity index (χ4v) is 2.47. The number of aryl methyl sites for hydroxylation is 2. The summed E-state index contributed by atoms with van der Waals surface area (Å²) in [5.74, 6) is -0.808. The lowest BCUT2D eigenvalue weighted by atomic mass is 10.1. The third kappa shape index (κ3) is 2.22. The number of esters is 1. The number of pyridine rings is 1. The van der Waals surface area contributed by atoms with E-state index in [9.17, 15) is 9.18 Å². The van der Waals surface area contributed by atoms with Gasteiger partial charge in [0.25, 0.3) is 0 Å². The number of benzene rings is 1. The summed E-state index contributed by atoms with van der Waals surface area (Å²) in [6.07, 6.45) is 0. The molecular formula is C16H14FN3O2. The number of ether oxygens (including phenoxy) is 1. The van der Waals surface area contributed by atoms with Crippen LogP contribution in [0, 0.1) is 19.7 Å². The number of fused-ring (bicyclic) bond motifs is 1. The van der Waals surface area contributed by atoms with Crippen LogP contribution in [0.15, 0.2) is 30.3 Å². The van der Waals surface area contributed by atoms with Crippen LogP contribution in [-0.4, -0.2) is 27.8 Å². The van der Waals surface area contributed by atoms with Crippen molar-refractivity contribution in [3.8, 4) is 5.69 Å². The van der Waals surface area contributed by atoms with Gasteiger partial charge in [0.2, 0.25) is 0 Å². The van der Waals surface area contributed by atoms with Crippen LogP contribution >= 0.6 is 0 Å². The monoisotopic (exact) mass is 299 g/mol. The van der Waals surface area contributed by atoms with Gasteiger partial charge in [0, 0.05) is 5.69 Å². The summed E-state index contributed by atoms with van der Waals surface area (Å²) >= 11 is 0. The van der Waals surface area contributed by atoms with Gasteiger partial charge in [-0.2, -0.15) is 5.10 Å². The first kappa shape index (κ1) is 14.2. The van der Waals surface area contributed by atoms with E-state index in [0.717, 1.165) is 0 Å². The molecule has 5 nitrogen and oxygen atoms in total. The predicted molar refractivity (Wildman–Crippen MR) is 79.6 cm³/mol. The molecular weight excluding hydrogens is 285 g/mol. The normalized spacial score (nSPS) is 10.9. The Morgan fingerprint density at radius 3 is 2.73 bits per heavy atom. The van der Waals surface area contributed by atoms with Crippen LogP contribution in [0.25, 0.3) is 16.7 Å². The predicted octanol–water partition coefficient (Wildman–Crippen LogP) is 2.96. The molecule has 112 valence electrons. The van der Waals surface area contributed by atoms with E-state index in [2.05, 4.69) is 10.1 Å². The van der Waals surface area contributed by atoms with Gasteiger partial charge in [0.15, 0.2) is 5.65 Å². The number of rotatable bonds is 2. The number of hydrogen-bond donors (Lipinski definition) is 0. The molecule has 6 heteroatoms. The molecule has 1 aromatic carbocycles. The Kier molecular flexibility index (Phi) is 3.36. The van der Waals surface area contributed by atoms with Gasteiger partial charge in [0.1, 0.15) is 5.82 Å². The van der Waals surface area contributed by atoms with Crippen LogP contribution in [0.5, 0.6) is 0 Å². The third-order valence-corrected chi connectivity index (χ3v) is 3.40. The fourth-order valence-electron chi connectivity index (χ4n) is 2.47. The molecule has 0 spiro atoms. The Bertz CT molecular complexity index is 886. The molecule has 0 bridgehead atoms. The Morgan fingerprint density at radius 2 is 2.05 bits per heavy atom. The quantitative estimate of drug-likeness (QED) is 0.683. The zero-order valence-corrected chi connectivity index (χ0v) is 12.4. The van der Waals surface area contributed by atoms with Gasteiger partial charge in [0.05, 0.1) is 29.4 Å². The van der Waals surface area contributed by atoms with Crippen molar-refractivity contribution in [3.63, 3.8) is 0 Å². The molecule has 2 heterocycles. The number of nitrogens with zero attached hydrogens (tertiary/aromatic N) is 3. The SMILES string of the molecule is COC(=O)c1cc(C)nc2c1c(C)nn2-c1cccc(F)c1. The van der Waals surface area contributed by atoms with Crippen LogP contribution in [-0.2, 0) is 4.74 Å². The Morgan fingerprint density at radius 1 is 1.27 bits per heavy atom. The topological polar surface area (TPSA) is 57.0 Å². The van der Waals surface area contributed by atoms with Crippen LogP contribution in [0.4, 0.5) is 4.39 Å². The number of methoxy groups -OCH3 is 1. The van der Waals surface area contributed by atoms with Crippen LogP contribution in [0.1, 0.15) is 21.7 Å². The molecule has 0 unspecified atom stereocenters.